The van der Waals surface area contributed by atoms with Gasteiger partial charge in [0.2, 0.25) is 5.88 Å². The van der Waals surface area contributed by atoms with E-state index in [4.69, 9.17) is 4.74 Å². The molecule has 1 aliphatic rings. The van der Waals surface area contributed by atoms with Crippen molar-refractivity contribution in [3.63, 3.8) is 0 Å². The van der Waals surface area contributed by atoms with E-state index in [1.807, 2.05) is 13.1 Å². The van der Waals surface area contributed by atoms with Crippen molar-refractivity contribution in [2.75, 3.05) is 6.54 Å². The van der Waals surface area contributed by atoms with Crippen molar-refractivity contribution in [2.24, 2.45) is 7.05 Å². The first kappa shape index (κ1) is 13.3. The van der Waals surface area contributed by atoms with Crippen LogP contribution in [0.25, 0.3) is 10.9 Å². The second-order valence-electron chi connectivity index (χ2n) is 5.63. The van der Waals surface area contributed by atoms with Crippen molar-refractivity contribution in [1.82, 2.24) is 19.9 Å². The van der Waals surface area contributed by atoms with Gasteiger partial charge in [0.1, 0.15) is 12.1 Å². The third kappa shape index (κ3) is 2.33. The lowest BCUT2D eigenvalue weighted by atomic mass is 10.1. The Labute approximate surface area is 129 Å². The molecule has 0 atom stereocenters. The van der Waals surface area contributed by atoms with Crippen LogP contribution in [0.5, 0.6) is 11.6 Å². The Morgan fingerprint density at radius 3 is 3.14 bits per heavy atom. The molecule has 0 fully saturated rings. The fourth-order valence-electron chi connectivity index (χ4n) is 2.95. The Kier molecular flexibility index (Phi) is 3.27. The zero-order valence-corrected chi connectivity index (χ0v) is 12.5. The van der Waals surface area contributed by atoms with Gasteiger partial charge in [0, 0.05) is 36.3 Å². The quantitative estimate of drug-likeness (QED) is 0.789. The summed E-state index contributed by atoms with van der Waals surface area (Å²) in [5.41, 5.74) is 3.36. The maximum atomic E-state index is 6.06. The van der Waals surface area contributed by atoms with E-state index < -0.39 is 0 Å². The second-order valence-corrected chi connectivity index (χ2v) is 5.63. The second kappa shape index (κ2) is 5.42. The van der Waals surface area contributed by atoms with Crippen LogP contribution in [0, 0.1) is 0 Å². The molecule has 1 aromatic carbocycles. The van der Waals surface area contributed by atoms with Gasteiger partial charge in [-0.1, -0.05) is 0 Å². The molecule has 0 radical (unpaired) electrons. The molecule has 0 unspecified atom stereocenters. The molecule has 0 saturated heterocycles. The molecule has 0 saturated carbocycles. The summed E-state index contributed by atoms with van der Waals surface area (Å²) < 4.78 is 8.16. The molecule has 1 N–H and O–H groups in total. The van der Waals surface area contributed by atoms with Crippen LogP contribution in [0.2, 0.25) is 0 Å². The summed E-state index contributed by atoms with van der Waals surface area (Å²) in [5.74, 6) is 1.50. The van der Waals surface area contributed by atoms with Gasteiger partial charge in [-0.2, -0.15) is 0 Å². The van der Waals surface area contributed by atoms with Crippen LogP contribution in [0.15, 0.2) is 36.8 Å². The first-order valence-corrected chi connectivity index (χ1v) is 7.58. The molecule has 0 aliphatic carbocycles. The molecule has 22 heavy (non-hydrogen) atoms. The molecule has 2 aromatic heterocycles. The molecule has 4 rings (SSSR count). The number of nitrogens with zero attached hydrogens (tertiary/aromatic N) is 3. The predicted octanol–water partition coefficient (Wildman–Crippen LogP) is 2.80. The molecule has 3 aromatic rings. The Hall–Kier alpha value is -2.40. The average molecular weight is 294 g/mol. The van der Waals surface area contributed by atoms with Gasteiger partial charge in [0.25, 0.3) is 0 Å². The number of benzene rings is 1. The fraction of sp³-hybridized carbons (Fsp3) is 0.294. The fourth-order valence-corrected chi connectivity index (χ4v) is 2.95. The number of rotatable bonds is 2. The smallest absolute Gasteiger partial charge is 0.225 e. The van der Waals surface area contributed by atoms with Crippen LogP contribution >= 0.6 is 0 Å². The summed E-state index contributed by atoms with van der Waals surface area (Å²) in [4.78, 5) is 8.73. The van der Waals surface area contributed by atoms with Crippen molar-refractivity contribution >= 4 is 10.9 Å². The van der Waals surface area contributed by atoms with Crippen LogP contribution in [0.1, 0.15) is 17.7 Å². The van der Waals surface area contributed by atoms with Gasteiger partial charge >= 0.3 is 0 Å². The molecule has 5 nitrogen and oxygen atoms in total. The molecule has 0 amide bonds. The topological polar surface area (TPSA) is 52.0 Å². The Bertz CT molecular complexity index is 825. The van der Waals surface area contributed by atoms with Gasteiger partial charge in [-0.3, -0.25) is 0 Å². The van der Waals surface area contributed by atoms with E-state index in [0.717, 1.165) is 42.9 Å². The van der Waals surface area contributed by atoms with E-state index in [0.29, 0.717) is 5.88 Å². The normalized spacial score (nSPS) is 14.6. The monoisotopic (exact) mass is 294 g/mol. The molecule has 3 heterocycles. The first-order chi connectivity index (χ1) is 10.8. The van der Waals surface area contributed by atoms with E-state index in [1.165, 1.54) is 10.9 Å². The average Bonchev–Trinajstić information content (AvgIpc) is 2.75. The molecule has 112 valence electrons. The van der Waals surface area contributed by atoms with Gasteiger partial charge < -0.3 is 14.6 Å². The Morgan fingerprint density at radius 2 is 2.18 bits per heavy atom. The summed E-state index contributed by atoms with van der Waals surface area (Å²) >= 11 is 0. The van der Waals surface area contributed by atoms with Gasteiger partial charge in [-0.05, 0) is 43.7 Å². The largest absolute Gasteiger partial charge is 0.439 e. The van der Waals surface area contributed by atoms with Gasteiger partial charge in [-0.15, -0.1) is 0 Å². The summed E-state index contributed by atoms with van der Waals surface area (Å²) in [6.45, 7) is 1.79. The molecule has 5 heteroatoms. The van der Waals surface area contributed by atoms with E-state index in [-0.39, 0.29) is 0 Å². The highest BCUT2D eigenvalue weighted by Crippen LogP contribution is 2.29. The first-order valence-electron chi connectivity index (χ1n) is 7.58. The van der Waals surface area contributed by atoms with Crippen molar-refractivity contribution in [3.8, 4) is 11.6 Å². The predicted molar refractivity (Wildman–Crippen MR) is 85.1 cm³/mol. The number of fused-ring (bicyclic) bond motifs is 2. The zero-order valence-electron chi connectivity index (χ0n) is 12.5. The van der Waals surface area contributed by atoms with Gasteiger partial charge in [0.15, 0.2) is 0 Å². The van der Waals surface area contributed by atoms with Crippen LogP contribution in [0.3, 0.4) is 0 Å². The minimum atomic E-state index is 0.684. The van der Waals surface area contributed by atoms with Gasteiger partial charge in [-0.25, -0.2) is 9.97 Å². The molecule has 1 aliphatic heterocycles. The van der Waals surface area contributed by atoms with E-state index in [1.54, 1.807) is 6.33 Å². The number of nitrogens with one attached hydrogen (secondary N) is 1. The Morgan fingerprint density at radius 1 is 1.23 bits per heavy atom. The summed E-state index contributed by atoms with van der Waals surface area (Å²) in [6.07, 6.45) is 5.67. The van der Waals surface area contributed by atoms with E-state index in [2.05, 4.69) is 44.2 Å². The van der Waals surface area contributed by atoms with Crippen molar-refractivity contribution < 1.29 is 4.74 Å². The SMILES string of the molecule is Cn1ccc2cc(Oc3ncnc4c3CCCNC4)ccc21. The lowest BCUT2D eigenvalue weighted by molar-refractivity contribution is 0.453. The summed E-state index contributed by atoms with van der Waals surface area (Å²) in [5, 5.41) is 4.54. The highest BCUT2D eigenvalue weighted by atomic mass is 16.5. The summed E-state index contributed by atoms with van der Waals surface area (Å²) in [6, 6.07) is 8.21. The number of ether oxygens (including phenoxy) is 1. The van der Waals surface area contributed by atoms with E-state index >= 15 is 0 Å². The standard InChI is InChI=1S/C17H18N4O/c1-21-8-6-12-9-13(4-5-16(12)21)22-17-14-3-2-7-18-10-15(14)19-11-20-17/h4-6,8-9,11,18H,2-3,7,10H2,1H3. The van der Waals surface area contributed by atoms with Crippen LogP contribution < -0.4 is 10.1 Å². The van der Waals surface area contributed by atoms with Gasteiger partial charge in [0.05, 0.1) is 5.69 Å². The number of aryl methyl sites for hydroxylation is 1. The number of hydrogen-bond donors (Lipinski definition) is 1. The van der Waals surface area contributed by atoms with Crippen LogP contribution in [-0.2, 0) is 20.0 Å². The van der Waals surface area contributed by atoms with E-state index in [9.17, 15) is 0 Å². The van der Waals surface area contributed by atoms with Crippen molar-refractivity contribution in [2.45, 2.75) is 19.4 Å². The minimum Gasteiger partial charge on any atom is -0.439 e. The molecular weight excluding hydrogens is 276 g/mol. The van der Waals surface area contributed by atoms with Crippen LogP contribution in [0.4, 0.5) is 0 Å². The minimum absolute atomic E-state index is 0.684. The third-order valence-corrected chi connectivity index (χ3v) is 4.14. The Balaban J connectivity index is 1.70. The zero-order chi connectivity index (χ0) is 14.9. The van der Waals surface area contributed by atoms with Crippen LogP contribution in [-0.4, -0.2) is 21.1 Å². The lowest BCUT2D eigenvalue weighted by Gasteiger charge is -2.11. The highest BCUT2D eigenvalue weighted by molar-refractivity contribution is 5.81. The number of hydrogen-bond acceptors (Lipinski definition) is 4. The van der Waals surface area contributed by atoms with Crippen molar-refractivity contribution in [1.29, 1.82) is 0 Å². The summed E-state index contributed by atoms with van der Waals surface area (Å²) in [7, 11) is 2.04. The third-order valence-electron chi connectivity index (χ3n) is 4.14. The van der Waals surface area contributed by atoms with Crippen molar-refractivity contribution in [3.05, 3.63) is 48.0 Å². The maximum Gasteiger partial charge on any atom is 0.225 e. The molecule has 0 bridgehead atoms. The maximum absolute atomic E-state index is 6.06. The molecular formula is C17H18N4O. The number of aromatic nitrogens is 3. The molecule has 0 spiro atoms. The lowest BCUT2D eigenvalue weighted by Crippen LogP contribution is -2.13. The highest BCUT2D eigenvalue weighted by Gasteiger charge is 2.15.